The molecule has 0 aliphatic carbocycles. The average molecular weight is 458 g/mol. The van der Waals surface area contributed by atoms with Gasteiger partial charge in [0.15, 0.2) is 0 Å². The molecule has 5 heteroatoms. The highest BCUT2D eigenvalue weighted by Gasteiger charge is 2.51. The van der Waals surface area contributed by atoms with Gasteiger partial charge < -0.3 is 9.31 Å². The van der Waals surface area contributed by atoms with Crippen LogP contribution in [0.4, 0.5) is 0 Å². The lowest BCUT2D eigenvalue weighted by atomic mass is 9.78. The maximum Gasteiger partial charge on any atom is 0.494 e. The molecule has 6 rings (SSSR count). The molecule has 35 heavy (non-hydrogen) atoms. The molecule has 2 aromatic heterocycles. The first kappa shape index (κ1) is 22.0. The van der Waals surface area contributed by atoms with E-state index in [4.69, 9.17) is 19.3 Å². The largest absolute Gasteiger partial charge is 0.494 e. The molecule has 172 valence electrons. The Labute approximate surface area is 206 Å². The van der Waals surface area contributed by atoms with Crippen molar-refractivity contribution in [2.75, 3.05) is 0 Å². The standard InChI is InChI=1S/C30H27BN2O2/c1-29(2)30(3,4)35-31(34-29)21-12-9-11-20(19-21)25-17-10-18-27(32-25)28-24-15-6-5-13-22(24)23-14-7-8-16-26(23)33-28/h5-19H,1-4H3. The van der Waals surface area contributed by atoms with Crippen LogP contribution in [0, 0.1) is 0 Å². The molecule has 0 bridgehead atoms. The summed E-state index contributed by atoms with van der Waals surface area (Å²) in [5.74, 6) is 0. The minimum Gasteiger partial charge on any atom is -0.399 e. The van der Waals surface area contributed by atoms with Gasteiger partial charge in [-0.3, -0.25) is 0 Å². The van der Waals surface area contributed by atoms with Crippen LogP contribution in [0.15, 0.2) is 91.0 Å². The third kappa shape index (κ3) is 3.72. The summed E-state index contributed by atoms with van der Waals surface area (Å²) in [6.45, 7) is 8.29. The SMILES string of the molecule is CC1(C)OB(c2cccc(-c3cccc(-c4nc5ccccc5c5ccccc45)n3)c2)OC1(C)C. The number of fused-ring (bicyclic) bond motifs is 3. The summed E-state index contributed by atoms with van der Waals surface area (Å²) in [6.07, 6.45) is 0. The van der Waals surface area contributed by atoms with Gasteiger partial charge in [0, 0.05) is 10.8 Å². The fraction of sp³-hybridized carbons (Fsp3) is 0.200. The van der Waals surface area contributed by atoms with Gasteiger partial charge in [-0.05, 0) is 62.3 Å². The van der Waals surface area contributed by atoms with E-state index in [2.05, 4.69) is 82.3 Å². The molecule has 0 saturated carbocycles. The Hall–Kier alpha value is -3.54. The minimum absolute atomic E-state index is 0.380. The maximum atomic E-state index is 6.27. The van der Waals surface area contributed by atoms with Crippen molar-refractivity contribution >= 4 is 34.3 Å². The van der Waals surface area contributed by atoms with Crippen LogP contribution in [-0.2, 0) is 9.31 Å². The molecule has 1 fully saturated rings. The molecule has 0 radical (unpaired) electrons. The molecule has 1 aliphatic rings. The van der Waals surface area contributed by atoms with Crippen molar-refractivity contribution in [1.82, 2.24) is 9.97 Å². The van der Waals surface area contributed by atoms with Gasteiger partial charge in [-0.2, -0.15) is 0 Å². The minimum atomic E-state index is -0.408. The van der Waals surface area contributed by atoms with Gasteiger partial charge in [0.1, 0.15) is 0 Å². The van der Waals surface area contributed by atoms with Crippen LogP contribution in [0.1, 0.15) is 27.7 Å². The first-order valence-electron chi connectivity index (χ1n) is 12.0. The summed E-state index contributed by atoms with van der Waals surface area (Å²) in [5, 5.41) is 3.43. The van der Waals surface area contributed by atoms with E-state index in [1.807, 2.05) is 36.4 Å². The second-order valence-electron chi connectivity index (χ2n) is 10.1. The molecule has 1 saturated heterocycles. The normalized spacial score (nSPS) is 16.7. The predicted molar refractivity (Wildman–Crippen MR) is 144 cm³/mol. The van der Waals surface area contributed by atoms with Gasteiger partial charge in [0.2, 0.25) is 0 Å². The third-order valence-electron chi connectivity index (χ3n) is 7.31. The van der Waals surface area contributed by atoms with E-state index < -0.39 is 7.12 Å². The first-order chi connectivity index (χ1) is 16.8. The molecule has 3 heterocycles. The second-order valence-corrected chi connectivity index (χ2v) is 10.1. The molecule has 0 atom stereocenters. The van der Waals surface area contributed by atoms with Gasteiger partial charge in [-0.25, -0.2) is 9.97 Å². The van der Waals surface area contributed by atoms with Crippen molar-refractivity contribution in [2.24, 2.45) is 0 Å². The molecular weight excluding hydrogens is 431 g/mol. The summed E-state index contributed by atoms with van der Waals surface area (Å²) in [4.78, 5) is 10.1. The van der Waals surface area contributed by atoms with Gasteiger partial charge in [-0.1, -0.05) is 72.8 Å². The number of para-hydroxylation sites is 1. The van der Waals surface area contributed by atoms with Gasteiger partial charge in [0.05, 0.1) is 33.8 Å². The Morgan fingerprint density at radius 1 is 0.600 bits per heavy atom. The molecule has 0 unspecified atom stereocenters. The van der Waals surface area contributed by atoms with Crippen molar-refractivity contribution in [3.63, 3.8) is 0 Å². The van der Waals surface area contributed by atoms with Crippen molar-refractivity contribution in [3.05, 3.63) is 91.0 Å². The van der Waals surface area contributed by atoms with Crippen LogP contribution in [0.25, 0.3) is 44.3 Å². The summed E-state index contributed by atoms with van der Waals surface area (Å²) in [6, 6.07) is 31.1. The second kappa shape index (κ2) is 8.01. The average Bonchev–Trinajstić information content (AvgIpc) is 3.10. The smallest absolute Gasteiger partial charge is 0.399 e. The van der Waals surface area contributed by atoms with Crippen molar-refractivity contribution in [2.45, 2.75) is 38.9 Å². The third-order valence-corrected chi connectivity index (χ3v) is 7.31. The number of nitrogens with zero attached hydrogens (tertiary/aromatic N) is 2. The zero-order chi connectivity index (χ0) is 24.2. The number of rotatable bonds is 3. The van der Waals surface area contributed by atoms with Gasteiger partial charge in [-0.15, -0.1) is 0 Å². The topological polar surface area (TPSA) is 44.2 Å². The van der Waals surface area contributed by atoms with E-state index in [1.165, 1.54) is 5.39 Å². The fourth-order valence-corrected chi connectivity index (χ4v) is 4.65. The number of hydrogen-bond donors (Lipinski definition) is 0. The summed E-state index contributed by atoms with van der Waals surface area (Å²) >= 11 is 0. The van der Waals surface area contributed by atoms with Crippen LogP contribution >= 0.6 is 0 Å². The van der Waals surface area contributed by atoms with E-state index >= 15 is 0 Å². The van der Waals surface area contributed by atoms with E-state index in [-0.39, 0.29) is 11.2 Å². The summed E-state index contributed by atoms with van der Waals surface area (Å²) < 4.78 is 12.5. The number of pyridine rings is 2. The molecule has 1 aliphatic heterocycles. The van der Waals surface area contributed by atoms with Gasteiger partial charge >= 0.3 is 7.12 Å². The zero-order valence-corrected chi connectivity index (χ0v) is 20.4. The van der Waals surface area contributed by atoms with Crippen molar-refractivity contribution in [3.8, 4) is 22.6 Å². The Bertz CT molecular complexity index is 1560. The van der Waals surface area contributed by atoms with Crippen LogP contribution < -0.4 is 5.46 Å². The quantitative estimate of drug-likeness (QED) is 0.231. The molecule has 5 aromatic rings. The molecule has 0 amide bonds. The predicted octanol–water partition coefficient (Wildman–Crippen LogP) is 6.42. The molecule has 0 spiro atoms. The Morgan fingerprint density at radius 3 is 2.00 bits per heavy atom. The lowest BCUT2D eigenvalue weighted by molar-refractivity contribution is 0.00578. The van der Waals surface area contributed by atoms with E-state index in [0.29, 0.717) is 0 Å². The van der Waals surface area contributed by atoms with Gasteiger partial charge in [0.25, 0.3) is 0 Å². The fourth-order valence-electron chi connectivity index (χ4n) is 4.65. The lowest BCUT2D eigenvalue weighted by Gasteiger charge is -2.32. The maximum absolute atomic E-state index is 6.27. The molecule has 4 nitrogen and oxygen atoms in total. The van der Waals surface area contributed by atoms with Crippen LogP contribution in [0.3, 0.4) is 0 Å². The zero-order valence-electron chi connectivity index (χ0n) is 20.4. The Kier molecular flexibility index (Phi) is 5.03. The number of benzene rings is 3. The monoisotopic (exact) mass is 458 g/mol. The highest BCUT2D eigenvalue weighted by molar-refractivity contribution is 6.62. The summed E-state index contributed by atoms with van der Waals surface area (Å²) in [7, 11) is -0.408. The lowest BCUT2D eigenvalue weighted by Crippen LogP contribution is -2.41. The highest BCUT2D eigenvalue weighted by atomic mass is 16.7. The summed E-state index contributed by atoms with van der Waals surface area (Å²) in [5.41, 5.74) is 4.85. The number of aromatic nitrogens is 2. The van der Waals surface area contributed by atoms with Crippen LogP contribution in [0.5, 0.6) is 0 Å². The van der Waals surface area contributed by atoms with Crippen molar-refractivity contribution in [1.29, 1.82) is 0 Å². The first-order valence-corrected chi connectivity index (χ1v) is 12.0. The van der Waals surface area contributed by atoms with Crippen molar-refractivity contribution < 1.29 is 9.31 Å². The highest BCUT2D eigenvalue weighted by Crippen LogP contribution is 2.37. The Balaban J connectivity index is 1.43. The molecular formula is C30H27BN2O2. The van der Waals surface area contributed by atoms with E-state index in [9.17, 15) is 0 Å². The molecule has 0 N–H and O–H groups in total. The molecule has 3 aromatic carbocycles. The van der Waals surface area contributed by atoms with E-state index in [0.717, 1.165) is 44.4 Å². The number of hydrogen-bond acceptors (Lipinski definition) is 4. The Morgan fingerprint density at radius 2 is 1.23 bits per heavy atom. The van der Waals surface area contributed by atoms with E-state index in [1.54, 1.807) is 0 Å². The van der Waals surface area contributed by atoms with Crippen LogP contribution in [-0.4, -0.2) is 28.3 Å². The van der Waals surface area contributed by atoms with Crippen LogP contribution in [0.2, 0.25) is 0 Å².